The summed E-state index contributed by atoms with van der Waals surface area (Å²) in [5.41, 5.74) is 4.26. The zero-order valence-corrected chi connectivity index (χ0v) is 17.2. The normalized spacial score (nSPS) is 16.3. The number of hydrogen-bond donors (Lipinski definition) is 2. The summed E-state index contributed by atoms with van der Waals surface area (Å²) in [5, 5.41) is 8.93. The molecule has 1 aliphatic heterocycles. The maximum absolute atomic E-state index is 5.87. The number of nitrogens with zero attached hydrogens (tertiary/aromatic N) is 2. The summed E-state index contributed by atoms with van der Waals surface area (Å²) in [5.74, 6) is 1.50. The third-order valence-electron chi connectivity index (χ3n) is 4.94. The minimum Gasteiger partial charge on any atom is -0.494 e. The summed E-state index contributed by atoms with van der Waals surface area (Å²) in [7, 11) is 0. The largest absolute Gasteiger partial charge is 0.494 e. The van der Waals surface area contributed by atoms with Crippen LogP contribution in [0.25, 0.3) is 10.6 Å². The minimum atomic E-state index is 0.604. The highest BCUT2D eigenvalue weighted by atomic mass is 32.1. The van der Waals surface area contributed by atoms with E-state index in [1.54, 1.807) is 11.3 Å². The summed E-state index contributed by atoms with van der Waals surface area (Å²) in [6.07, 6.45) is 5.46. The molecule has 28 heavy (non-hydrogen) atoms. The zero-order valence-electron chi connectivity index (χ0n) is 16.4. The van der Waals surface area contributed by atoms with Gasteiger partial charge in [-0.15, -0.1) is 11.3 Å². The zero-order chi connectivity index (χ0) is 19.3. The molecule has 3 heterocycles. The number of aromatic nitrogens is 2. The van der Waals surface area contributed by atoms with Gasteiger partial charge in [0.25, 0.3) is 0 Å². The van der Waals surface area contributed by atoms with Crippen molar-refractivity contribution in [2.24, 2.45) is 0 Å². The monoisotopic (exact) mass is 394 g/mol. The first kappa shape index (κ1) is 18.9. The predicted octanol–water partition coefficient (Wildman–Crippen LogP) is 5.09. The van der Waals surface area contributed by atoms with Gasteiger partial charge in [-0.3, -0.25) is 0 Å². The molecule has 0 radical (unpaired) electrons. The van der Waals surface area contributed by atoms with E-state index < -0.39 is 0 Å². The van der Waals surface area contributed by atoms with E-state index in [4.69, 9.17) is 9.72 Å². The Labute approximate surface area is 170 Å². The maximum Gasteiger partial charge on any atom is 0.227 e. The molecule has 1 fully saturated rings. The van der Waals surface area contributed by atoms with Crippen molar-refractivity contribution in [3.8, 4) is 16.3 Å². The van der Waals surface area contributed by atoms with Crippen molar-refractivity contribution in [2.75, 3.05) is 18.5 Å². The SMILES string of the molecule is Cc1csc(-c2nc(Nc3ccc(OCCC4CCCN4)cc3)ncc2C)c1. The number of aryl methyl sites for hydroxylation is 2. The standard InChI is InChI=1S/C22H26N4OS/c1-15-12-20(28-14-15)21-16(2)13-24-22(26-21)25-18-5-7-19(8-6-18)27-11-9-17-4-3-10-23-17/h5-8,12-14,17,23H,3-4,9-11H2,1-2H3,(H,24,25,26). The van der Waals surface area contributed by atoms with E-state index in [0.29, 0.717) is 12.0 Å². The van der Waals surface area contributed by atoms with E-state index >= 15 is 0 Å². The Bertz CT molecular complexity index is 917. The summed E-state index contributed by atoms with van der Waals surface area (Å²) in [6, 6.07) is 10.8. The molecule has 1 aliphatic rings. The molecule has 4 rings (SSSR count). The van der Waals surface area contributed by atoms with Gasteiger partial charge in [0.2, 0.25) is 5.95 Å². The van der Waals surface area contributed by atoms with Gasteiger partial charge in [0.05, 0.1) is 17.2 Å². The number of nitrogens with one attached hydrogen (secondary N) is 2. The maximum atomic E-state index is 5.87. The third kappa shape index (κ3) is 4.69. The van der Waals surface area contributed by atoms with E-state index in [-0.39, 0.29) is 0 Å². The Balaban J connectivity index is 1.37. The lowest BCUT2D eigenvalue weighted by Crippen LogP contribution is -2.23. The number of hydrogen-bond acceptors (Lipinski definition) is 6. The van der Waals surface area contributed by atoms with Crippen molar-refractivity contribution in [1.82, 2.24) is 15.3 Å². The van der Waals surface area contributed by atoms with Crippen molar-refractivity contribution in [1.29, 1.82) is 0 Å². The molecule has 146 valence electrons. The molecule has 1 unspecified atom stereocenters. The second kappa shape index (κ2) is 8.71. The van der Waals surface area contributed by atoms with Crippen LogP contribution in [0.5, 0.6) is 5.75 Å². The van der Waals surface area contributed by atoms with E-state index in [9.17, 15) is 0 Å². The van der Waals surface area contributed by atoms with Crippen molar-refractivity contribution in [3.63, 3.8) is 0 Å². The van der Waals surface area contributed by atoms with Gasteiger partial charge in [-0.05, 0) is 86.5 Å². The van der Waals surface area contributed by atoms with E-state index in [0.717, 1.165) is 42.3 Å². The van der Waals surface area contributed by atoms with Crippen molar-refractivity contribution in [3.05, 3.63) is 53.0 Å². The molecule has 5 nitrogen and oxygen atoms in total. The Hall–Kier alpha value is -2.44. The van der Waals surface area contributed by atoms with Crippen molar-refractivity contribution in [2.45, 2.75) is 39.2 Å². The molecule has 2 aromatic heterocycles. The van der Waals surface area contributed by atoms with Gasteiger partial charge in [-0.25, -0.2) is 9.97 Å². The lowest BCUT2D eigenvalue weighted by Gasteiger charge is -2.12. The van der Waals surface area contributed by atoms with Gasteiger partial charge in [-0.1, -0.05) is 0 Å². The van der Waals surface area contributed by atoms with Crippen LogP contribution >= 0.6 is 11.3 Å². The van der Waals surface area contributed by atoms with Gasteiger partial charge < -0.3 is 15.4 Å². The second-order valence-electron chi connectivity index (χ2n) is 7.29. The first-order chi connectivity index (χ1) is 13.7. The first-order valence-corrected chi connectivity index (χ1v) is 10.7. The fourth-order valence-corrected chi connectivity index (χ4v) is 4.35. The molecule has 0 amide bonds. The fraction of sp³-hybridized carbons (Fsp3) is 0.364. The summed E-state index contributed by atoms with van der Waals surface area (Å²) >= 11 is 1.71. The Kier molecular flexibility index (Phi) is 5.88. The molecule has 6 heteroatoms. The van der Waals surface area contributed by atoms with Crippen LogP contribution in [0.2, 0.25) is 0 Å². The fourth-order valence-electron chi connectivity index (χ4n) is 3.39. The van der Waals surface area contributed by atoms with Crippen molar-refractivity contribution < 1.29 is 4.74 Å². The lowest BCUT2D eigenvalue weighted by atomic mass is 10.2. The predicted molar refractivity (Wildman–Crippen MR) is 116 cm³/mol. The van der Waals surface area contributed by atoms with Crippen LogP contribution in [-0.4, -0.2) is 29.2 Å². The Morgan fingerprint density at radius 1 is 1.25 bits per heavy atom. The van der Waals surface area contributed by atoms with E-state index in [1.165, 1.54) is 23.3 Å². The van der Waals surface area contributed by atoms with Crippen LogP contribution < -0.4 is 15.4 Å². The Morgan fingerprint density at radius 3 is 2.82 bits per heavy atom. The summed E-state index contributed by atoms with van der Waals surface area (Å²) in [6.45, 7) is 6.03. The highest BCUT2D eigenvalue weighted by molar-refractivity contribution is 7.13. The van der Waals surface area contributed by atoms with Crippen LogP contribution in [0.3, 0.4) is 0 Å². The molecule has 1 saturated heterocycles. The number of ether oxygens (including phenoxy) is 1. The average molecular weight is 395 g/mol. The van der Waals surface area contributed by atoms with Crippen LogP contribution in [0, 0.1) is 13.8 Å². The molecule has 0 bridgehead atoms. The molecule has 2 N–H and O–H groups in total. The highest BCUT2D eigenvalue weighted by Crippen LogP contribution is 2.29. The van der Waals surface area contributed by atoms with Gasteiger partial charge in [-0.2, -0.15) is 0 Å². The minimum absolute atomic E-state index is 0.604. The molecule has 0 spiro atoms. The number of anilines is 2. The van der Waals surface area contributed by atoms with E-state index in [1.807, 2.05) is 37.4 Å². The molecular weight excluding hydrogens is 368 g/mol. The molecule has 1 atom stereocenters. The highest BCUT2D eigenvalue weighted by Gasteiger charge is 2.13. The van der Waals surface area contributed by atoms with Gasteiger partial charge in [0.1, 0.15) is 5.75 Å². The molecule has 1 aromatic carbocycles. The third-order valence-corrected chi connectivity index (χ3v) is 6.00. The van der Waals surface area contributed by atoms with Gasteiger partial charge >= 0.3 is 0 Å². The van der Waals surface area contributed by atoms with Gasteiger partial charge in [0, 0.05) is 17.9 Å². The number of rotatable bonds is 7. The van der Waals surface area contributed by atoms with Crippen LogP contribution in [-0.2, 0) is 0 Å². The van der Waals surface area contributed by atoms with Crippen LogP contribution in [0.15, 0.2) is 41.9 Å². The van der Waals surface area contributed by atoms with Crippen LogP contribution in [0.1, 0.15) is 30.4 Å². The average Bonchev–Trinajstić information content (AvgIpc) is 3.36. The Morgan fingerprint density at radius 2 is 2.11 bits per heavy atom. The smallest absolute Gasteiger partial charge is 0.227 e. The van der Waals surface area contributed by atoms with Crippen LogP contribution in [0.4, 0.5) is 11.6 Å². The van der Waals surface area contributed by atoms with E-state index in [2.05, 4.69) is 34.0 Å². The molecule has 3 aromatic rings. The number of thiophene rings is 1. The second-order valence-corrected chi connectivity index (χ2v) is 8.20. The molecular formula is C22H26N4OS. The molecule has 0 aliphatic carbocycles. The quantitative estimate of drug-likeness (QED) is 0.585. The first-order valence-electron chi connectivity index (χ1n) is 9.80. The summed E-state index contributed by atoms with van der Waals surface area (Å²) < 4.78 is 5.87. The topological polar surface area (TPSA) is 59.1 Å². The lowest BCUT2D eigenvalue weighted by molar-refractivity contribution is 0.292. The summed E-state index contributed by atoms with van der Waals surface area (Å²) in [4.78, 5) is 10.3. The van der Waals surface area contributed by atoms with Gasteiger partial charge in [0.15, 0.2) is 0 Å². The number of benzene rings is 1. The molecule has 0 saturated carbocycles. The van der Waals surface area contributed by atoms with Crippen molar-refractivity contribution >= 4 is 23.0 Å².